The summed E-state index contributed by atoms with van der Waals surface area (Å²) in [4.78, 5) is 23.9. The van der Waals surface area contributed by atoms with Crippen molar-refractivity contribution in [1.29, 1.82) is 0 Å². The van der Waals surface area contributed by atoms with E-state index in [-0.39, 0.29) is 24.4 Å². The highest BCUT2D eigenvalue weighted by atomic mass is 16.2. The summed E-state index contributed by atoms with van der Waals surface area (Å²) < 4.78 is 0. The lowest BCUT2D eigenvalue weighted by atomic mass is 10.3. The third kappa shape index (κ3) is 4.81. The molecule has 2 amide bonds. The highest BCUT2D eigenvalue weighted by Crippen LogP contribution is 1.83. The van der Waals surface area contributed by atoms with Crippen molar-refractivity contribution < 1.29 is 9.59 Å². The molecule has 0 aromatic carbocycles. The van der Waals surface area contributed by atoms with Crippen LogP contribution in [0.5, 0.6) is 0 Å². The molecule has 0 heterocycles. The molecule has 0 radical (unpaired) electrons. The van der Waals surface area contributed by atoms with Gasteiger partial charge in [-0.25, -0.2) is 0 Å². The van der Waals surface area contributed by atoms with Gasteiger partial charge in [0.15, 0.2) is 0 Å². The van der Waals surface area contributed by atoms with Gasteiger partial charge in [-0.2, -0.15) is 0 Å². The van der Waals surface area contributed by atoms with Crippen LogP contribution in [0.4, 0.5) is 0 Å². The van der Waals surface area contributed by atoms with E-state index in [1.54, 1.807) is 21.0 Å². The molecule has 5 nitrogen and oxygen atoms in total. The predicted octanol–water partition coefficient (Wildman–Crippen LogP) is -0.811. The number of nitrogens with zero attached hydrogens (tertiary/aromatic N) is 1. The first-order valence-electron chi connectivity index (χ1n) is 4.70. The maximum Gasteiger partial charge on any atom is 0.236 e. The first kappa shape index (κ1) is 12.9. The van der Waals surface area contributed by atoms with Crippen LogP contribution in [-0.2, 0) is 9.59 Å². The average molecular weight is 201 g/mol. The molecule has 0 bridgehead atoms. The van der Waals surface area contributed by atoms with Crippen molar-refractivity contribution in [2.45, 2.75) is 19.9 Å². The molecule has 0 aromatic rings. The van der Waals surface area contributed by atoms with E-state index in [0.717, 1.165) is 0 Å². The van der Waals surface area contributed by atoms with E-state index in [0.29, 0.717) is 6.54 Å². The summed E-state index contributed by atoms with van der Waals surface area (Å²) in [6.07, 6.45) is 0. The van der Waals surface area contributed by atoms with Crippen molar-refractivity contribution in [2.24, 2.45) is 0 Å². The second-order valence-electron chi connectivity index (χ2n) is 3.29. The van der Waals surface area contributed by atoms with E-state index in [1.807, 2.05) is 6.92 Å². The number of rotatable bonds is 5. The maximum atomic E-state index is 11.2. The van der Waals surface area contributed by atoms with Crippen molar-refractivity contribution in [3.63, 3.8) is 0 Å². The van der Waals surface area contributed by atoms with Crippen molar-refractivity contribution in [2.75, 3.05) is 27.2 Å². The molecule has 1 unspecified atom stereocenters. The molecule has 5 heteroatoms. The molecule has 1 atom stereocenters. The van der Waals surface area contributed by atoms with E-state index in [9.17, 15) is 9.59 Å². The molecule has 0 saturated heterocycles. The first-order valence-corrected chi connectivity index (χ1v) is 4.70. The maximum absolute atomic E-state index is 11.2. The molecule has 82 valence electrons. The number of hydrogen-bond acceptors (Lipinski definition) is 3. The van der Waals surface area contributed by atoms with Gasteiger partial charge in [-0.1, -0.05) is 0 Å². The van der Waals surface area contributed by atoms with Gasteiger partial charge >= 0.3 is 0 Å². The molecule has 0 aliphatic heterocycles. The van der Waals surface area contributed by atoms with Crippen LogP contribution in [0.2, 0.25) is 0 Å². The van der Waals surface area contributed by atoms with Crippen LogP contribution in [-0.4, -0.2) is 49.9 Å². The van der Waals surface area contributed by atoms with Gasteiger partial charge < -0.3 is 10.2 Å². The van der Waals surface area contributed by atoms with E-state index in [1.165, 1.54) is 4.90 Å². The third-order valence-corrected chi connectivity index (χ3v) is 1.80. The minimum Gasteiger partial charge on any atom is -0.355 e. The average Bonchev–Trinajstić information content (AvgIpc) is 2.13. The number of nitrogens with one attached hydrogen (secondary N) is 2. The summed E-state index contributed by atoms with van der Waals surface area (Å²) in [7, 11) is 3.36. The topological polar surface area (TPSA) is 61.4 Å². The normalized spacial score (nSPS) is 12.0. The summed E-state index contributed by atoms with van der Waals surface area (Å²) in [5.41, 5.74) is 0. The van der Waals surface area contributed by atoms with Gasteiger partial charge in [-0.15, -0.1) is 0 Å². The van der Waals surface area contributed by atoms with Gasteiger partial charge in [0.2, 0.25) is 11.8 Å². The van der Waals surface area contributed by atoms with E-state index in [2.05, 4.69) is 10.6 Å². The van der Waals surface area contributed by atoms with E-state index >= 15 is 0 Å². The Kier molecular flexibility index (Phi) is 5.87. The van der Waals surface area contributed by atoms with Gasteiger partial charge in [0.25, 0.3) is 0 Å². The standard InChI is InChI=1S/C9H19N3O2/c1-5-10-9(14)7(2)11-6-8(13)12(3)4/h7,11H,5-6H2,1-4H3,(H,10,14). The zero-order valence-corrected chi connectivity index (χ0v) is 9.26. The van der Waals surface area contributed by atoms with Crippen molar-refractivity contribution >= 4 is 11.8 Å². The Labute approximate surface area is 84.8 Å². The van der Waals surface area contributed by atoms with Gasteiger partial charge in [0.1, 0.15) is 0 Å². The lowest BCUT2D eigenvalue weighted by molar-refractivity contribution is -0.128. The summed E-state index contributed by atoms with van der Waals surface area (Å²) >= 11 is 0. The number of hydrogen-bond donors (Lipinski definition) is 2. The third-order valence-electron chi connectivity index (χ3n) is 1.80. The molecule has 14 heavy (non-hydrogen) atoms. The molecular formula is C9H19N3O2. The van der Waals surface area contributed by atoms with Crippen LogP contribution in [0.3, 0.4) is 0 Å². The Balaban J connectivity index is 3.78. The Morgan fingerprint density at radius 3 is 2.36 bits per heavy atom. The highest BCUT2D eigenvalue weighted by molar-refractivity contribution is 5.83. The van der Waals surface area contributed by atoms with Gasteiger partial charge in [0.05, 0.1) is 12.6 Å². The number of amides is 2. The summed E-state index contributed by atoms with van der Waals surface area (Å²) in [5, 5.41) is 5.52. The van der Waals surface area contributed by atoms with Crippen LogP contribution in [0.25, 0.3) is 0 Å². The SMILES string of the molecule is CCNC(=O)C(C)NCC(=O)N(C)C. The predicted molar refractivity (Wildman–Crippen MR) is 54.8 cm³/mol. The molecule has 0 aliphatic carbocycles. The lowest BCUT2D eigenvalue weighted by Gasteiger charge is -2.15. The smallest absolute Gasteiger partial charge is 0.236 e. The molecule has 0 fully saturated rings. The van der Waals surface area contributed by atoms with Crippen LogP contribution in [0.15, 0.2) is 0 Å². The Morgan fingerprint density at radius 1 is 1.36 bits per heavy atom. The quantitative estimate of drug-likeness (QED) is 0.611. The highest BCUT2D eigenvalue weighted by Gasteiger charge is 2.12. The zero-order chi connectivity index (χ0) is 11.1. The molecule has 0 spiro atoms. The minimum absolute atomic E-state index is 0.0406. The van der Waals surface area contributed by atoms with Crippen LogP contribution < -0.4 is 10.6 Å². The monoisotopic (exact) mass is 201 g/mol. The number of likely N-dealkylation sites (N-methyl/N-ethyl adjacent to an activating group) is 2. The fourth-order valence-corrected chi connectivity index (χ4v) is 0.819. The van der Waals surface area contributed by atoms with Gasteiger partial charge in [-0.3, -0.25) is 14.9 Å². The fourth-order valence-electron chi connectivity index (χ4n) is 0.819. The van der Waals surface area contributed by atoms with Crippen molar-refractivity contribution in [1.82, 2.24) is 15.5 Å². The van der Waals surface area contributed by atoms with Crippen LogP contribution in [0, 0.1) is 0 Å². The van der Waals surface area contributed by atoms with Gasteiger partial charge in [-0.05, 0) is 13.8 Å². The van der Waals surface area contributed by atoms with Crippen molar-refractivity contribution in [3.8, 4) is 0 Å². The largest absolute Gasteiger partial charge is 0.355 e. The second-order valence-corrected chi connectivity index (χ2v) is 3.29. The molecule has 0 saturated carbocycles. The lowest BCUT2D eigenvalue weighted by Crippen LogP contribution is -2.45. The number of carbonyl (C=O) groups is 2. The minimum atomic E-state index is -0.334. The summed E-state index contributed by atoms with van der Waals surface area (Å²) in [6, 6.07) is -0.334. The zero-order valence-electron chi connectivity index (χ0n) is 9.26. The van der Waals surface area contributed by atoms with Crippen molar-refractivity contribution in [3.05, 3.63) is 0 Å². The van der Waals surface area contributed by atoms with Crippen LogP contribution in [0.1, 0.15) is 13.8 Å². The molecule has 0 rings (SSSR count). The molecule has 0 aliphatic rings. The van der Waals surface area contributed by atoms with E-state index in [4.69, 9.17) is 0 Å². The summed E-state index contributed by atoms with van der Waals surface area (Å²) in [6.45, 7) is 4.38. The first-order chi connectivity index (χ1) is 6.49. The molecule has 0 aromatic heterocycles. The van der Waals surface area contributed by atoms with E-state index < -0.39 is 0 Å². The van der Waals surface area contributed by atoms with Crippen LogP contribution >= 0.6 is 0 Å². The Bertz CT molecular complexity index is 204. The van der Waals surface area contributed by atoms with Gasteiger partial charge in [0, 0.05) is 20.6 Å². The fraction of sp³-hybridized carbons (Fsp3) is 0.778. The summed E-state index contributed by atoms with van der Waals surface area (Å²) in [5.74, 6) is -0.125. The number of carbonyl (C=O) groups excluding carboxylic acids is 2. The Hall–Kier alpha value is -1.10. The molecular weight excluding hydrogens is 182 g/mol. The second kappa shape index (κ2) is 6.37. The molecule has 2 N–H and O–H groups in total. The Morgan fingerprint density at radius 2 is 1.93 bits per heavy atom.